The van der Waals surface area contributed by atoms with Gasteiger partial charge in [-0.15, -0.1) is 34.0 Å². The van der Waals surface area contributed by atoms with Crippen molar-refractivity contribution < 1.29 is 4.74 Å². The normalized spacial score (nSPS) is 15.0. The van der Waals surface area contributed by atoms with Crippen LogP contribution in [0.2, 0.25) is 0 Å². The lowest BCUT2D eigenvalue weighted by Crippen LogP contribution is -2.16. The summed E-state index contributed by atoms with van der Waals surface area (Å²) in [7, 11) is 0. The van der Waals surface area contributed by atoms with Gasteiger partial charge in [0.15, 0.2) is 0 Å². The van der Waals surface area contributed by atoms with Crippen LogP contribution >= 0.6 is 34.0 Å². The van der Waals surface area contributed by atoms with E-state index in [-0.39, 0.29) is 34.0 Å². The molecule has 0 unspecified atom stereocenters. The highest BCUT2D eigenvalue weighted by Crippen LogP contribution is 2.20. The zero-order valence-corrected chi connectivity index (χ0v) is 14.2. The smallest absolute Gasteiger partial charge is 0.219 e. The number of nitrogens with one attached hydrogen (secondary N) is 2. The second kappa shape index (κ2) is 8.72. The highest BCUT2D eigenvalue weighted by Gasteiger charge is 2.11. The summed E-state index contributed by atoms with van der Waals surface area (Å²) in [5.74, 6) is 1.66. The van der Waals surface area contributed by atoms with Gasteiger partial charge in [-0.3, -0.25) is 0 Å². The topological polar surface area (TPSA) is 46.2 Å². The zero-order valence-electron chi connectivity index (χ0n) is 10.7. The minimum absolute atomic E-state index is 0. The Balaban J connectivity index is 0.00000144. The van der Waals surface area contributed by atoms with Crippen LogP contribution in [0.4, 0.5) is 5.82 Å². The highest BCUT2D eigenvalue weighted by atomic mass is 79.9. The maximum absolute atomic E-state index is 5.59. The minimum atomic E-state index is 0. The van der Waals surface area contributed by atoms with E-state index in [1.165, 1.54) is 0 Å². The van der Waals surface area contributed by atoms with E-state index < -0.39 is 0 Å². The first-order valence-electron chi connectivity index (χ1n) is 5.89. The van der Waals surface area contributed by atoms with Gasteiger partial charge in [0.05, 0.1) is 0 Å². The van der Waals surface area contributed by atoms with Crippen LogP contribution in [0, 0.1) is 0 Å². The fraction of sp³-hybridized carbons (Fsp3) is 0.583. The minimum Gasteiger partial charge on any atom is -0.476 e. The number of ether oxygens (including phenoxy) is 1. The third-order valence-electron chi connectivity index (χ3n) is 2.78. The molecule has 1 aliphatic heterocycles. The number of nitrogens with zero attached hydrogens (tertiary/aromatic N) is 1. The molecule has 1 aromatic heterocycles. The van der Waals surface area contributed by atoms with Crippen LogP contribution in [0.15, 0.2) is 12.1 Å². The summed E-state index contributed by atoms with van der Waals surface area (Å²) in [6.45, 7) is 6.71. The van der Waals surface area contributed by atoms with Crippen LogP contribution in [-0.4, -0.2) is 24.2 Å². The summed E-state index contributed by atoms with van der Waals surface area (Å²) in [4.78, 5) is 4.49. The third kappa shape index (κ3) is 4.74. The van der Waals surface area contributed by atoms with Crippen molar-refractivity contribution in [3.63, 3.8) is 0 Å². The number of fused-ring (bicyclic) bond motifs is 1. The Labute approximate surface area is 129 Å². The predicted molar refractivity (Wildman–Crippen MR) is 85.5 cm³/mol. The van der Waals surface area contributed by atoms with Crippen molar-refractivity contribution in [1.82, 2.24) is 10.3 Å². The summed E-state index contributed by atoms with van der Waals surface area (Å²) in [5, 5.41) is 6.64. The molecule has 1 aromatic rings. The second-order valence-electron chi connectivity index (χ2n) is 4.14. The quantitative estimate of drug-likeness (QED) is 0.843. The molecule has 0 amide bonds. The average Bonchev–Trinajstić information content (AvgIpc) is 2.53. The first-order chi connectivity index (χ1) is 7.79. The van der Waals surface area contributed by atoms with Gasteiger partial charge < -0.3 is 15.4 Å². The summed E-state index contributed by atoms with van der Waals surface area (Å²) >= 11 is 0. The molecule has 0 saturated carbocycles. The van der Waals surface area contributed by atoms with Crippen molar-refractivity contribution in [1.29, 1.82) is 0 Å². The largest absolute Gasteiger partial charge is 0.476 e. The number of halogens is 2. The van der Waals surface area contributed by atoms with Gasteiger partial charge in [0.1, 0.15) is 12.4 Å². The Kier molecular flexibility index (Phi) is 8.56. The number of rotatable bonds is 3. The SMILES string of the molecule is Br.Br.CC[C@H](C)Nc1ccc2c(n1)OCCNC2. The van der Waals surface area contributed by atoms with Crippen LogP contribution in [0.5, 0.6) is 5.88 Å². The molecule has 0 fully saturated rings. The van der Waals surface area contributed by atoms with Gasteiger partial charge in [-0.1, -0.05) is 6.92 Å². The summed E-state index contributed by atoms with van der Waals surface area (Å²) in [6, 6.07) is 4.53. The first-order valence-corrected chi connectivity index (χ1v) is 5.89. The van der Waals surface area contributed by atoms with Gasteiger partial charge in [0, 0.05) is 24.7 Å². The van der Waals surface area contributed by atoms with Gasteiger partial charge in [-0.2, -0.15) is 4.98 Å². The Morgan fingerprint density at radius 3 is 2.94 bits per heavy atom. The lowest BCUT2D eigenvalue weighted by molar-refractivity contribution is 0.314. The van der Waals surface area contributed by atoms with E-state index >= 15 is 0 Å². The van der Waals surface area contributed by atoms with E-state index in [2.05, 4.69) is 35.5 Å². The Hall–Kier alpha value is -0.330. The summed E-state index contributed by atoms with van der Waals surface area (Å²) < 4.78 is 5.59. The van der Waals surface area contributed by atoms with Gasteiger partial charge in [0.2, 0.25) is 5.88 Å². The molecule has 104 valence electrons. The number of hydrogen-bond acceptors (Lipinski definition) is 4. The molecule has 2 N–H and O–H groups in total. The molecule has 0 aromatic carbocycles. The van der Waals surface area contributed by atoms with Crippen molar-refractivity contribution in [3.05, 3.63) is 17.7 Å². The molecule has 2 heterocycles. The molecule has 1 atom stereocenters. The Morgan fingerprint density at radius 1 is 1.44 bits per heavy atom. The first kappa shape index (κ1) is 17.7. The van der Waals surface area contributed by atoms with Gasteiger partial charge in [0.25, 0.3) is 0 Å². The lowest BCUT2D eigenvalue weighted by Gasteiger charge is -2.13. The van der Waals surface area contributed by atoms with E-state index in [0.29, 0.717) is 12.6 Å². The number of pyridine rings is 1. The van der Waals surface area contributed by atoms with Crippen molar-refractivity contribution in [2.75, 3.05) is 18.5 Å². The van der Waals surface area contributed by atoms with Crippen LogP contribution < -0.4 is 15.4 Å². The van der Waals surface area contributed by atoms with E-state index in [9.17, 15) is 0 Å². The van der Waals surface area contributed by atoms with Crippen LogP contribution in [0.3, 0.4) is 0 Å². The van der Waals surface area contributed by atoms with Crippen molar-refractivity contribution >= 4 is 39.8 Å². The summed E-state index contributed by atoms with van der Waals surface area (Å²) in [5.41, 5.74) is 1.13. The van der Waals surface area contributed by atoms with Crippen LogP contribution in [0.25, 0.3) is 0 Å². The number of hydrogen-bond donors (Lipinski definition) is 2. The van der Waals surface area contributed by atoms with Gasteiger partial charge in [-0.25, -0.2) is 0 Å². The maximum atomic E-state index is 5.59. The molecule has 0 spiro atoms. The fourth-order valence-corrected chi connectivity index (χ4v) is 1.61. The fourth-order valence-electron chi connectivity index (χ4n) is 1.61. The van der Waals surface area contributed by atoms with Crippen LogP contribution in [0.1, 0.15) is 25.8 Å². The van der Waals surface area contributed by atoms with E-state index in [0.717, 1.165) is 36.8 Å². The molecule has 0 bridgehead atoms. The van der Waals surface area contributed by atoms with E-state index in [1.54, 1.807) is 0 Å². The zero-order chi connectivity index (χ0) is 11.4. The molecular formula is C12H21Br2N3O. The molecule has 2 rings (SSSR count). The Bertz CT molecular complexity index is 363. The molecule has 18 heavy (non-hydrogen) atoms. The summed E-state index contributed by atoms with van der Waals surface area (Å²) in [6.07, 6.45) is 1.08. The third-order valence-corrected chi connectivity index (χ3v) is 2.78. The number of aromatic nitrogens is 1. The Morgan fingerprint density at radius 2 is 2.22 bits per heavy atom. The molecule has 0 saturated heterocycles. The molecule has 1 aliphatic rings. The van der Waals surface area contributed by atoms with Crippen molar-refractivity contribution in [2.45, 2.75) is 32.9 Å². The second-order valence-corrected chi connectivity index (χ2v) is 4.14. The molecule has 4 nitrogen and oxygen atoms in total. The van der Waals surface area contributed by atoms with Gasteiger partial charge in [-0.05, 0) is 25.5 Å². The predicted octanol–water partition coefficient (Wildman–Crippen LogP) is 2.93. The van der Waals surface area contributed by atoms with Crippen molar-refractivity contribution in [2.24, 2.45) is 0 Å². The van der Waals surface area contributed by atoms with Crippen LogP contribution in [-0.2, 0) is 6.54 Å². The highest BCUT2D eigenvalue weighted by molar-refractivity contribution is 8.93. The van der Waals surface area contributed by atoms with E-state index in [1.807, 2.05) is 6.07 Å². The molecule has 0 radical (unpaired) electrons. The molecular weight excluding hydrogens is 362 g/mol. The number of anilines is 1. The molecule has 0 aliphatic carbocycles. The lowest BCUT2D eigenvalue weighted by atomic mass is 10.2. The molecule has 6 heteroatoms. The van der Waals surface area contributed by atoms with Crippen molar-refractivity contribution in [3.8, 4) is 5.88 Å². The monoisotopic (exact) mass is 381 g/mol. The average molecular weight is 383 g/mol. The van der Waals surface area contributed by atoms with E-state index in [4.69, 9.17) is 4.74 Å². The maximum Gasteiger partial charge on any atom is 0.219 e. The standard InChI is InChI=1S/C12H19N3O.2BrH/c1-3-9(2)14-11-5-4-10-8-13-6-7-16-12(10)15-11;;/h4-5,9,13H,3,6-8H2,1-2H3,(H,14,15);2*1H/t9-;;/m0../s1. The van der Waals surface area contributed by atoms with Gasteiger partial charge >= 0.3 is 0 Å².